The van der Waals surface area contributed by atoms with Crippen molar-refractivity contribution in [2.45, 2.75) is 6.04 Å². The van der Waals surface area contributed by atoms with Crippen molar-refractivity contribution in [3.05, 3.63) is 93.1 Å². The predicted octanol–water partition coefficient (Wildman–Crippen LogP) is 4.88. The molecule has 1 atom stereocenters. The van der Waals surface area contributed by atoms with Crippen molar-refractivity contribution in [2.24, 2.45) is 0 Å². The van der Waals surface area contributed by atoms with E-state index >= 15 is 0 Å². The first-order valence-electron chi connectivity index (χ1n) is 9.25. The molecule has 1 aromatic heterocycles. The first kappa shape index (κ1) is 21.5. The number of rotatable bonds is 6. The minimum absolute atomic E-state index is 0.105. The molecule has 0 spiro atoms. The van der Waals surface area contributed by atoms with Crippen molar-refractivity contribution in [3.63, 3.8) is 0 Å². The molecule has 1 amide bonds. The number of furan rings is 1. The molecule has 0 bridgehead atoms. The summed E-state index contributed by atoms with van der Waals surface area (Å²) in [5, 5.41) is 21.0. The second-order valence-electron chi connectivity index (χ2n) is 6.68. The van der Waals surface area contributed by atoms with Gasteiger partial charge in [0.2, 0.25) is 0 Å². The third kappa shape index (κ3) is 4.05. The fraction of sp³-hybridized carbons (Fsp3) is 0.0455. The lowest BCUT2D eigenvalue weighted by Crippen LogP contribution is -2.37. The van der Waals surface area contributed by atoms with E-state index in [1.165, 1.54) is 12.1 Å². The molecule has 1 aliphatic heterocycles. The number of benzene rings is 2. The highest BCUT2D eigenvalue weighted by atomic mass is 32.2. The Bertz CT molecular complexity index is 1270. The Kier molecular flexibility index (Phi) is 5.89. The molecule has 1 unspecified atom stereocenters. The Hall–Kier alpha value is -3.76. The van der Waals surface area contributed by atoms with Gasteiger partial charge in [0.1, 0.15) is 15.8 Å². The number of nitro benzene ring substituents is 1. The Balaban J connectivity index is 1.65. The Morgan fingerprint density at radius 2 is 1.81 bits per heavy atom. The van der Waals surface area contributed by atoms with Gasteiger partial charge in [-0.15, -0.1) is 0 Å². The third-order valence-corrected chi connectivity index (χ3v) is 6.03. The van der Waals surface area contributed by atoms with E-state index in [2.05, 4.69) is 0 Å². The second kappa shape index (κ2) is 8.77. The van der Waals surface area contributed by atoms with Gasteiger partial charge in [-0.1, -0.05) is 66.4 Å². The van der Waals surface area contributed by atoms with Gasteiger partial charge < -0.3 is 9.52 Å². The molecule has 3 aromatic rings. The van der Waals surface area contributed by atoms with Crippen LogP contribution in [0.15, 0.2) is 76.1 Å². The summed E-state index contributed by atoms with van der Waals surface area (Å²) in [7, 11) is 0. The summed E-state index contributed by atoms with van der Waals surface area (Å²) in [6.45, 7) is 0. The number of nitrogens with zero attached hydrogens (tertiary/aromatic N) is 2. The number of amides is 1. The van der Waals surface area contributed by atoms with Gasteiger partial charge in [-0.25, -0.2) is 4.79 Å². The summed E-state index contributed by atoms with van der Waals surface area (Å²) in [5.41, 5.74) is 0.626. The number of carbonyl (C=O) groups excluding carboxylic acids is 1. The van der Waals surface area contributed by atoms with Gasteiger partial charge in [-0.3, -0.25) is 19.8 Å². The highest BCUT2D eigenvalue weighted by Gasteiger charge is 2.41. The van der Waals surface area contributed by atoms with Crippen LogP contribution in [0.3, 0.4) is 0 Å². The average molecular weight is 466 g/mol. The zero-order valence-electron chi connectivity index (χ0n) is 16.2. The van der Waals surface area contributed by atoms with Crippen LogP contribution in [0.2, 0.25) is 0 Å². The molecule has 10 heteroatoms. The fourth-order valence-corrected chi connectivity index (χ4v) is 4.58. The lowest BCUT2D eigenvalue weighted by Gasteiger charge is -2.23. The molecule has 8 nitrogen and oxygen atoms in total. The maximum absolute atomic E-state index is 13.0. The summed E-state index contributed by atoms with van der Waals surface area (Å²) in [5.74, 6) is -1.21. The minimum atomic E-state index is -1.26. The molecule has 1 saturated heterocycles. The molecule has 1 aliphatic rings. The number of hydrogen-bond acceptors (Lipinski definition) is 7. The van der Waals surface area contributed by atoms with Crippen molar-refractivity contribution in [3.8, 4) is 11.3 Å². The number of carboxylic acids is 1. The number of aliphatic carboxylic acids is 1. The van der Waals surface area contributed by atoms with Crippen LogP contribution in [0, 0.1) is 10.1 Å². The maximum atomic E-state index is 13.0. The zero-order valence-corrected chi connectivity index (χ0v) is 17.8. The van der Waals surface area contributed by atoms with Crippen molar-refractivity contribution in [2.75, 3.05) is 0 Å². The van der Waals surface area contributed by atoms with Gasteiger partial charge in [0.15, 0.2) is 6.04 Å². The van der Waals surface area contributed by atoms with Gasteiger partial charge in [0.05, 0.1) is 15.4 Å². The van der Waals surface area contributed by atoms with Gasteiger partial charge in [0, 0.05) is 12.1 Å². The molecule has 0 aliphatic carbocycles. The topological polar surface area (TPSA) is 114 Å². The molecule has 1 fully saturated rings. The highest BCUT2D eigenvalue weighted by molar-refractivity contribution is 8.26. The van der Waals surface area contributed by atoms with Crippen LogP contribution in [0.1, 0.15) is 17.4 Å². The van der Waals surface area contributed by atoms with E-state index in [-0.39, 0.29) is 26.4 Å². The molecular weight excluding hydrogens is 452 g/mol. The van der Waals surface area contributed by atoms with Crippen LogP contribution in [-0.4, -0.2) is 31.1 Å². The van der Waals surface area contributed by atoms with Crippen LogP contribution >= 0.6 is 24.0 Å². The number of carboxylic acid groups (broad SMARTS) is 1. The monoisotopic (exact) mass is 466 g/mol. The van der Waals surface area contributed by atoms with Crippen molar-refractivity contribution in [1.29, 1.82) is 0 Å². The van der Waals surface area contributed by atoms with Gasteiger partial charge in [0.25, 0.3) is 11.6 Å². The number of thiocarbonyl (C=S) groups is 1. The molecule has 0 saturated carbocycles. The van der Waals surface area contributed by atoms with E-state index in [0.29, 0.717) is 11.1 Å². The SMILES string of the molecule is O=C(O)C(c1ccccc1)N1C(=O)C(=Cc2ccc(-c3ccccc3[N+](=O)[O-])o2)SC1=S. The largest absolute Gasteiger partial charge is 0.479 e. The molecule has 0 radical (unpaired) electrons. The van der Waals surface area contributed by atoms with Crippen molar-refractivity contribution < 1.29 is 24.0 Å². The summed E-state index contributed by atoms with van der Waals surface area (Å²) in [6.07, 6.45) is 1.45. The van der Waals surface area contributed by atoms with E-state index in [1.54, 1.807) is 60.7 Å². The zero-order chi connectivity index (χ0) is 22.8. The number of hydrogen-bond donors (Lipinski definition) is 1. The summed E-state index contributed by atoms with van der Waals surface area (Å²) in [6, 6.07) is 16.4. The van der Waals surface area contributed by atoms with Gasteiger partial charge in [-0.2, -0.15) is 0 Å². The highest BCUT2D eigenvalue weighted by Crippen LogP contribution is 2.39. The van der Waals surface area contributed by atoms with Crippen LogP contribution in [0.5, 0.6) is 0 Å². The fourth-order valence-electron chi connectivity index (χ4n) is 3.29. The molecule has 2 aromatic carbocycles. The minimum Gasteiger partial charge on any atom is -0.479 e. The molecule has 4 rings (SSSR count). The third-order valence-electron chi connectivity index (χ3n) is 4.70. The van der Waals surface area contributed by atoms with Crippen LogP contribution in [-0.2, 0) is 9.59 Å². The van der Waals surface area contributed by atoms with Crippen molar-refractivity contribution >= 4 is 51.9 Å². The van der Waals surface area contributed by atoms with Crippen molar-refractivity contribution in [1.82, 2.24) is 4.90 Å². The van der Waals surface area contributed by atoms with Crippen LogP contribution < -0.4 is 0 Å². The smallest absolute Gasteiger partial charge is 0.331 e. The normalized spacial score (nSPS) is 15.9. The lowest BCUT2D eigenvalue weighted by atomic mass is 10.1. The van der Waals surface area contributed by atoms with Crippen LogP contribution in [0.25, 0.3) is 17.4 Å². The first-order valence-corrected chi connectivity index (χ1v) is 10.5. The number of para-hydroxylation sites is 1. The average Bonchev–Trinajstić information content (AvgIpc) is 3.35. The predicted molar refractivity (Wildman–Crippen MR) is 123 cm³/mol. The quantitative estimate of drug-likeness (QED) is 0.237. The van der Waals surface area contributed by atoms with E-state index in [1.807, 2.05) is 0 Å². The van der Waals surface area contributed by atoms with E-state index in [9.17, 15) is 24.8 Å². The first-order chi connectivity index (χ1) is 15.4. The van der Waals surface area contributed by atoms with E-state index in [0.717, 1.165) is 16.7 Å². The maximum Gasteiger partial charge on any atom is 0.331 e. The van der Waals surface area contributed by atoms with Gasteiger partial charge >= 0.3 is 5.97 Å². The molecule has 160 valence electrons. The number of nitro groups is 1. The molecule has 2 heterocycles. The lowest BCUT2D eigenvalue weighted by molar-refractivity contribution is -0.384. The summed E-state index contributed by atoms with van der Waals surface area (Å²) in [4.78, 5) is 37.0. The standard InChI is InChI=1S/C22H14N2O6S2/c25-20-18(32-22(31)23(20)19(21(26)27)13-6-2-1-3-7-13)12-14-10-11-17(30-14)15-8-4-5-9-16(15)24(28)29/h1-12,19H,(H,26,27). The number of carbonyl (C=O) groups is 2. The van der Waals surface area contributed by atoms with Gasteiger partial charge in [-0.05, 0) is 23.8 Å². The Labute approximate surface area is 191 Å². The molecule has 32 heavy (non-hydrogen) atoms. The Morgan fingerprint density at radius 1 is 1.12 bits per heavy atom. The number of thioether (sulfide) groups is 1. The van der Waals surface area contributed by atoms with E-state index < -0.39 is 22.8 Å². The molecule has 1 N–H and O–H groups in total. The second-order valence-corrected chi connectivity index (χ2v) is 8.36. The Morgan fingerprint density at radius 3 is 2.50 bits per heavy atom. The summed E-state index contributed by atoms with van der Waals surface area (Å²) >= 11 is 6.26. The molecular formula is C22H14N2O6S2. The summed E-state index contributed by atoms with van der Waals surface area (Å²) < 4.78 is 5.82. The van der Waals surface area contributed by atoms with E-state index in [4.69, 9.17) is 16.6 Å². The van der Waals surface area contributed by atoms with Crippen LogP contribution in [0.4, 0.5) is 5.69 Å².